The number of para-hydroxylation sites is 1. The Labute approximate surface area is 175 Å². The molecule has 0 radical (unpaired) electrons. The first-order valence-corrected chi connectivity index (χ1v) is 9.11. The summed E-state index contributed by atoms with van der Waals surface area (Å²) in [6.45, 7) is -0.105. The average Bonchev–Trinajstić information content (AvgIpc) is 3.06. The predicted octanol–water partition coefficient (Wildman–Crippen LogP) is 5.59. The molecule has 0 amide bonds. The third-order valence-electron chi connectivity index (χ3n) is 3.84. The highest BCUT2D eigenvalue weighted by Crippen LogP contribution is 2.36. The van der Waals surface area contributed by atoms with E-state index in [1.165, 1.54) is 42.5 Å². The van der Waals surface area contributed by atoms with Gasteiger partial charge in [-0.15, -0.1) is 0 Å². The molecule has 5 nitrogen and oxygen atoms in total. The van der Waals surface area contributed by atoms with Crippen molar-refractivity contribution in [3.8, 4) is 0 Å². The largest absolute Gasteiger partial charge is 0.470 e. The second-order valence-corrected chi connectivity index (χ2v) is 6.83. The molecule has 2 aromatic rings. The molecule has 0 bridgehead atoms. The molecule has 1 aliphatic rings. The van der Waals surface area contributed by atoms with Crippen molar-refractivity contribution in [1.82, 2.24) is 0 Å². The molecular formula is C19H14Cl3FN2O3. The van der Waals surface area contributed by atoms with Gasteiger partial charge in [-0.1, -0.05) is 40.9 Å². The molecule has 0 aromatic heterocycles. The van der Waals surface area contributed by atoms with E-state index >= 15 is 0 Å². The summed E-state index contributed by atoms with van der Waals surface area (Å²) < 4.78 is 24.7. The highest BCUT2D eigenvalue weighted by atomic mass is 35.5. The Hall–Kier alpha value is -2.41. The van der Waals surface area contributed by atoms with Gasteiger partial charge < -0.3 is 14.8 Å². The summed E-state index contributed by atoms with van der Waals surface area (Å²) in [5.74, 6) is -1.10. The van der Waals surface area contributed by atoms with Crippen molar-refractivity contribution in [2.24, 2.45) is 0 Å². The molecule has 0 fully saturated rings. The summed E-state index contributed by atoms with van der Waals surface area (Å²) in [5, 5.41) is 4.03. The third-order valence-corrected chi connectivity index (χ3v) is 4.70. The van der Waals surface area contributed by atoms with Crippen LogP contribution in [0.1, 0.15) is 0 Å². The van der Waals surface area contributed by atoms with Crippen molar-refractivity contribution in [2.45, 2.75) is 0 Å². The van der Waals surface area contributed by atoms with Crippen LogP contribution in [0.3, 0.4) is 0 Å². The van der Waals surface area contributed by atoms with E-state index in [0.29, 0.717) is 15.7 Å². The quantitative estimate of drug-likeness (QED) is 0.611. The Morgan fingerprint density at radius 1 is 1.25 bits per heavy atom. The van der Waals surface area contributed by atoms with Gasteiger partial charge in [0.25, 0.3) is 0 Å². The van der Waals surface area contributed by atoms with E-state index in [1.807, 2.05) is 0 Å². The Balaban J connectivity index is 1.92. The van der Waals surface area contributed by atoms with Crippen LogP contribution in [-0.2, 0) is 14.3 Å². The van der Waals surface area contributed by atoms with E-state index in [9.17, 15) is 9.18 Å². The second-order valence-electron chi connectivity index (χ2n) is 5.58. The number of allylic oxidation sites excluding steroid dienone is 1. The number of anilines is 2. The summed E-state index contributed by atoms with van der Waals surface area (Å²) in [6, 6.07) is 9.20. The van der Waals surface area contributed by atoms with Crippen LogP contribution in [0.25, 0.3) is 0 Å². The fourth-order valence-corrected chi connectivity index (χ4v) is 3.30. The van der Waals surface area contributed by atoms with Gasteiger partial charge in [0.2, 0.25) is 0 Å². The maximum absolute atomic E-state index is 14.3. The number of nitrogens with one attached hydrogen (secondary N) is 1. The molecule has 1 heterocycles. The van der Waals surface area contributed by atoms with E-state index in [1.54, 1.807) is 18.2 Å². The molecule has 9 heteroatoms. The Bertz CT molecular complexity index is 959. The molecule has 0 spiro atoms. The first-order valence-electron chi connectivity index (χ1n) is 7.97. The normalized spacial score (nSPS) is 13.8. The molecule has 146 valence electrons. The van der Waals surface area contributed by atoms with Crippen molar-refractivity contribution in [3.05, 3.63) is 81.0 Å². The average molecular weight is 444 g/mol. The summed E-state index contributed by atoms with van der Waals surface area (Å²) in [7, 11) is 1.22. The standard InChI is InChI=1S/C19H14Cl3FN2O3/c1-27-19(26)18-16(7-8-24-15-6-5-11(20)9-13(15)22)28-10-25(18)17-12(21)3-2-4-14(17)23/h2-9,24H,10H2,1H3. The van der Waals surface area contributed by atoms with Crippen LogP contribution in [0.2, 0.25) is 15.1 Å². The van der Waals surface area contributed by atoms with Crippen molar-refractivity contribution in [1.29, 1.82) is 0 Å². The molecule has 1 aliphatic heterocycles. The van der Waals surface area contributed by atoms with Gasteiger partial charge in [0.05, 0.1) is 28.5 Å². The maximum atomic E-state index is 14.3. The molecule has 3 rings (SSSR count). The van der Waals surface area contributed by atoms with Gasteiger partial charge in [-0.25, -0.2) is 9.18 Å². The number of methoxy groups -OCH3 is 1. The SMILES string of the molecule is COC(=O)C1=C(C=CNc2ccc(Cl)cc2Cl)OCN1c1c(F)cccc1Cl. The zero-order valence-electron chi connectivity index (χ0n) is 14.5. The summed E-state index contributed by atoms with van der Waals surface area (Å²) in [6.07, 6.45) is 3.03. The molecule has 2 aromatic carbocycles. The summed E-state index contributed by atoms with van der Waals surface area (Å²) in [5.41, 5.74) is 0.658. The Morgan fingerprint density at radius 3 is 2.71 bits per heavy atom. The molecule has 0 saturated carbocycles. The first-order chi connectivity index (χ1) is 13.4. The van der Waals surface area contributed by atoms with E-state index in [4.69, 9.17) is 44.3 Å². The lowest BCUT2D eigenvalue weighted by atomic mass is 10.2. The Kier molecular flexibility index (Phi) is 6.34. The van der Waals surface area contributed by atoms with Crippen molar-refractivity contribution >= 4 is 52.1 Å². The van der Waals surface area contributed by atoms with Gasteiger partial charge in [0.15, 0.2) is 18.2 Å². The number of rotatable bonds is 5. The van der Waals surface area contributed by atoms with Crippen molar-refractivity contribution in [3.63, 3.8) is 0 Å². The lowest BCUT2D eigenvalue weighted by Crippen LogP contribution is -2.26. The molecule has 1 N–H and O–H groups in total. The van der Waals surface area contributed by atoms with Crippen LogP contribution in [0.15, 0.2) is 60.1 Å². The summed E-state index contributed by atoms with van der Waals surface area (Å²) >= 11 is 18.1. The number of esters is 1. The molecule has 28 heavy (non-hydrogen) atoms. The monoisotopic (exact) mass is 442 g/mol. The topological polar surface area (TPSA) is 50.8 Å². The van der Waals surface area contributed by atoms with E-state index in [0.717, 1.165) is 0 Å². The van der Waals surface area contributed by atoms with E-state index in [2.05, 4.69) is 5.32 Å². The second kappa shape index (κ2) is 8.73. The molecule has 0 atom stereocenters. The molecular weight excluding hydrogens is 430 g/mol. The predicted molar refractivity (Wildman–Crippen MR) is 108 cm³/mol. The first kappa shape index (κ1) is 20.3. The van der Waals surface area contributed by atoms with Gasteiger partial charge >= 0.3 is 5.97 Å². The smallest absolute Gasteiger partial charge is 0.358 e. The highest BCUT2D eigenvalue weighted by molar-refractivity contribution is 6.36. The van der Waals surface area contributed by atoms with Crippen molar-refractivity contribution in [2.75, 3.05) is 24.1 Å². The minimum Gasteiger partial charge on any atom is -0.470 e. The minimum absolute atomic E-state index is 0.0229. The highest BCUT2D eigenvalue weighted by Gasteiger charge is 2.33. The molecule has 0 aliphatic carbocycles. The fourth-order valence-electron chi connectivity index (χ4n) is 2.57. The number of carbonyl (C=O) groups is 1. The van der Waals surface area contributed by atoms with Gasteiger partial charge in [-0.2, -0.15) is 0 Å². The van der Waals surface area contributed by atoms with Crippen LogP contribution in [-0.4, -0.2) is 19.8 Å². The van der Waals surface area contributed by atoms with Gasteiger partial charge in [0.1, 0.15) is 5.82 Å². The Morgan fingerprint density at radius 2 is 2.04 bits per heavy atom. The number of hydrogen-bond donors (Lipinski definition) is 1. The number of nitrogens with zero attached hydrogens (tertiary/aromatic N) is 1. The van der Waals surface area contributed by atoms with Crippen LogP contribution in [0.5, 0.6) is 0 Å². The van der Waals surface area contributed by atoms with Crippen LogP contribution < -0.4 is 10.2 Å². The van der Waals surface area contributed by atoms with Gasteiger partial charge in [-0.3, -0.25) is 4.90 Å². The summed E-state index contributed by atoms with van der Waals surface area (Å²) in [4.78, 5) is 13.6. The minimum atomic E-state index is -0.694. The number of benzene rings is 2. The zero-order chi connectivity index (χ0) is 20.3. The zero-order valence-corrected chi connectivity index (χ0v) is 16.8. The number of halogens is 4. The number of hydrogen-bond acceptors (Lipinski definition) is 5. The molecule has 0 unspecified atom stereocenters. The van der Waals surface area contributed by atoms with Crippen molar-refractivity contribution < 1.29 is 18.7 Å². The van der Waals surface area contributed by atoms with E-state index < -0.39 is 11.8 Å². The van der Waals surface area contributed by atoms with Crippen LogP contribution in [0, 0.1) is 5.82 Å². The molecule has 0 saturated heterocycles. The van der Waals surface area contributed by atoms with Crippen LogP contribution >= 0.6 is 34.8 Å². The third kappa shape index (κ3) is 4.19. The number of carbonyl (C=O) groups excluding carboxylic acids is 1. The van der Waals surface area contributed by atoms with E-state index in [-0.39, 0.29) is 28.9 Å². The van der Waals surface area contributed by atoms with Gasteiger partial charge in [-0.05, 0) is 36.4 Å². The lowest BCUT2D eigenvalue weighted by Gasteiger charge is -2.20. The van der Waals surface area contributed by atoms with Crippen LogP contribution in [0.4, 0.5) is 15.8 Å². The maximum Gasteiger partial charge on any atom is 0.358 e. The lowest BCUT2D eigenvalue weighted by molar-refractivity contribution is -0.136. The number of ether oxygens (including phenoxy) is 2. The van der Waals surface area contributed by atoms with Gasteiger partial charge in [0, 0.05) is 11.2 Å². The fraction of sp³-hybridized carbons (Fsp3) is 0.105.